The van der Waals surface area contributed by atoms with Crippen LogP contribution in [0, 0.1) is 0 Å². The molecule has 1 rings (SSSR count). The molecular formula is C12H13ClF3NO. The van der Waals surface area contributed by atoms with Gasteiger partial charge in [0.15, 0.2) is 0 Å². The van der Waals surface area contributed by atoms with E-state index in [1.54, 1.807) is 12.1 Å². The predicted molar refractivity (Wildman–Crippen MR) is 63.1 cm³/mol. The van der Waals surface area contributed by atoms with E-state index in [1.165, 1.54) is 0 Å². The van der Waals surface area contributed by atoms with Crippen molar-refractivity contribution >= 4 is 17.5 Å². The van der Waals surface area contributed by atoms with E-state index in [0.29, 0.717) is 5.88 Å². The quantitative estimate of drug-likeness (QED) is 0.823. The summed E-state index contributed by atoms with van der Waals surface area (Å²) in [5.74, 6) is -0.202. The highest BCUT2D eigenvalue weighted by Crippen LogP contribution is 2.21. The van der Waals surface area contributed by atoms with Crippen LogP contribution in [0.2, 0.25) is 0 Å². The summed E-state index contributed by atoms with van der Waals surface area (Å²) >= 11 is 5.61. The second-order valence-electron chi connectivity index (χ2n) is 3.84. The largest absolute Gasteiger partial charge is 0.389 e. The fraction of sp³-hybridized carbons (Fsp3) is 0.417. The third-order valence-electron chi connectivity index (χ3n) is 2.30. The Morgan fingerprint density at radius 1 is 1.17 bits per heavy atom. The normalized spacial score (nSPS) is 11.3. The van der Waals surface area contributed by atoms with Gasteiger partial charge in [0.2, 0.25) is 5.91 Å². The molecule has 0 saturated heterocycles. The van der Waals surface area contributed by atoms with Crippen LogP contribution in [0.4, 0.5) is 13.2 Å². The van der Waals surface area contributed by atoms with Crippen molar-refractivity contribution < 1.29 is 18.0 Å². The molecular weight excluding hydrogens is 267 g/mol. The molecule has 0 aliphatic carbocycles. The van der Waals surface area contributed by atoms with Crippen molar-refractivity contribution in [2.75, 3.05) is 0 Å². The number of alkyl halides is 4. The topological polar surface area (TPSA) is 29.1 Å². The van der Waals surface area contributed by atoms with E-state index in [1.807, 2.05) is 12.1 Å². The Kier molecular flexibility index (Phi) is 5.47. The molecule has 0 aromatic heterocycles. The summed E-state index contributed by atoms with van der Waals surface area (Å²) in [6.07, 6.45) is -5.92. The summed E-state index contributed by atoms with van der Waals surface area (Å²) in [6.45, 7) is 0.221. The monoisotopic (exact) mass is 279 g/mol. The van der Waals surface area contributed by atoms with E-state index < -0.39 is 24.9 Å². The average Bonchev–Trinajstić information content (AvgIpc) is 2.33. The van der Waals surface area contributed by atoms with Gasteiger partial charge >= 0.3 is 6.18 Å². The summed E-state index contributed by atoms with van der Waals surface area (Å²) in [4.78, 5) is 11.2. The van der Waals surface area contributed by atoms with Crippen LogP contribution in [0.5, 0.6) is 0 Å². The van der Waals surface area contributed by atoms with Gasteiger partial charge in [-0.05, 0) is 11.1 Å². The van der Waals surface area contributed by atoms with Gasteiger partial charge in [-0.15, -0.1) is 11.6 Å². The van der Waals surface area contributed by atoms with E-state index >= 15 is 0 Å². The average molecular weight is 280 g/mol. The van der Waals surface area contributed by atoms with Crippen molar-refractivity contribution in [2.45, 2.75) is 31.4 Å². The molecule has 0 heterocycles. The van der Waals surface area contributed by atoms with Gasteiger partial charge in [0.25, 0.3) is 0 Å². The second kappa shape index (κ2) is 6.64. The Morgan fingerprint density at radius 3 is 2.22 bits per heavy atom. The number of carbonyl (C=O) groups is 1. The minimum atomic E-state index is -4.29. The van der Waals surface area contributed by atoms with Gasteiger partial charge in [-0.3, -0.25) is 4.79 Å². The van der Waals surface area contributed by atoms with E-state index in [9.17, 15) is 18.0 Å². The molecule has 0 saturated carbocycles. The van der Waals surface area contributed by atoms with Crippen LogP contribution in [0.15, 0.2) is 24.3 Å². The minimum absolute atomic E-state index is 0.221. The Morgan fingerprint density at radius 2 is 1.72 bits per heavy atom. The van der Waals surface area contributed by atoms with E-state index in [4.69, 9.17) is 11.6 Å². The molecule has 0 bridgehead atoms. The van der Waals surface area contributed by atoms with E-state index in [-0.39, 0.29) is 6.54 Å². The van der Waals surface area contributed by atoms with Crippen LogP contribution in [-0.4, -0.2) is 12.1 Å². The Hall–Kier alpha value is -1.23. The zero-order chi connectivity index (χ0) is 13.6. The highest BCUT2D eigenvalue weighted by Gasteiger charge is 2.27. The molecule has 0 fully saturated rings. The van der Waals surface area contributed by atoms with E-state index in [0.717, 1.165) is 11.1 Å². The summed E-state index contributed by atoms with van der Waals surface area (Å²) in [7, 11) is 0. The molecule has 0 aliphatic heterocycles. The van der Waals surface area contributed by atoms with Crippen molar-refractivity contribution in [2.24, 2.45) is 0 Å². The number of carbonyl (C=O) groups excluding carboxylic acids is 1. The number of benzene rings is 1. The van der Waals surface area contributed by atoms with Gasteiger partial charge in [-0.25, -0.2) is 0 Å². The third kappa shape index (κ3) is 5.91. The van der Waals surface area contributed by atoms with Crippen molar-refractivity contribution in [1.29, 1.82) is 0 Å². The number of halogens is 4. The maximum Gasteiger partial charge on any atom is 0.389 e. The zero-order valence-electron chi connectivity index (χ0n) is 9.56. The highest BCUT2D eigenvalue weighted by atomic mass is 35.5. The lowest BCUT2D eigenvalue weighted by atomic mass is 10.1. The molecule has 6 heteroatoms. The molecule has 18 heavy (non-hydrogen) atoms. The predicted octanol–water partition coefficient (Wildman–Crippen LogP) is 3.38. The fourth-order valence-corrected chi connectivity index (χ4v) is 1.47. The molecule has 0 unspecified atom stereocenters. The Labute approximate surface area is 108 Å². The molecule has 0 spiro atoms. The maximum atomic E-state index is 11.9. The number of hydrogen-bond donors (Lipinski definition) is 1. The van der Waals surface area contributed by atoms with Gasteiger partial charge in [0.05, 0.1) is 6.42 Å². The SMILES string of the molecule is O=C(CCC(F)(F)F)NCc1ccc(CCl)cc1. The smallest absolute Gasteiger partial charge is 0.352 e. The molecule has 0 radical (unpaired) electrons. The number of amides is 1. The molecule has 1 amide bonds. The molecule has 100 valence electrons. The van der Waals surface area contributed by atoms with Crippen LogP contribution in [0.3, 0.4) is 0 Å². The summed E-state index contributed by atoms with van der Waals surface area (Å²) < 4.78 is 35.6. The number of nitrogens with one attached hydrogen (secondary N) is 1. The summed E-state index contributed by atoms with van der Waals surface area (Å²) in [5.41, 5.74) is 1.77. The molecule has 2 nitrogen and oxygen atoms in total. The summed E-state index contributed by atoms with van der Waals surface area (Å²) in [6, 6.07) is 7.18. The maximum absolute atomic E-state index is 11.9. The van der Waals surface area contributed by atoms with Crippen LogP contribution in [0.1, 0.15) is 24.0 Å². The number of rotatable bonds is 5. The van der Waals surface area contributed by atoms with E-state index in [2.05, 4.69) is 5.32 Å². The van der Waals surface area contributed by atoms with Crippen LogP contribution in [0.25, 0.3) is 0 Å². The number of hydrogen-bond acceptors (Lipinski definition) is 1. The van der Waals surface area contributed by atoms with Crippen LogP contribution < -0.4 is 5.32 Å². The first-order valence-electron chi connectivity index (χ1n) is 5.38. The van der Waals surface area contributed by atoms with Crippen molar-refractivity contribution in [3.8, 4) is 0 Å². The molecule has 1 aromatic carbocycles. The standard InChI is InChI=1S/C12H13ClF3NO/c13-7-9-1-3-10(4-2-9)8-17-11(18)5-6-12(14,15)16/h1-4H,5-8H2,(H,17,18). The van der Waals surface area contributed by atoms with Crippen LogP contribution in [-0.2, 0) is 17.2 Å². The molecule has 0 atom stereocenters. The van der Waals surface area contributed by atoms with Gasteiger partial charge < -0.3 is 5.32 Å². The lowest BCUT2D eigenvalue weighted by Crippen LogP contribution is -2.24. The van der Waals surface area contributed by atoms with Crippen molar-refractivity contribution in [1.82, 2.24) is 5.32 Å². The lowest BCUT2D eigenvalue weighted by molar-refractivity contribution is -0.144. The lowest BCUT2D eigenvalue weighted by Gasteiger charge is -2.07. The fourth-order valence-electron chi connectivity index (χ4n) is 1.29. The molecule has 1 aromatic rings. The minimum Gasteiger partial charge on any atom is -0.352 e. The van der Waals surface area contributed by atoms with Gasteiger partial charge in [-0.2, -0.15) is 13.2 Å². The van der Waals surface area contributed by atoms with Crippen LogP contribution >= 0.6 is 11.6 Å². The zero-order valence-corrected chi connectivity index (χ0v) is 10.3. The first-order valence-corrected chi connectivity index (χ1v) is 5.91. The first-order chi connectivity index (χ1) is 8.40. The highest BCUT2D eigenvalue weighted by molar-refractivity contribution is 6.17. The van der Waals surface area contributed by atoms with Crippen molar-refractivity contribution in [3.05, 3.63) is 35.4 Å². The Balaban J connectivity index is 2.33. The first kappa shape index (κ1) is 14.8. The van der Waals surface area contributed by atoms with Gasteiger partial charge in [0.1, 0.15) is 0 Å². The second-order valence-corrected chi connectivity index (χ2v) is 4.11. The van der Waals surface area contributed by atoms with Crippen molar-refractivity contribution in [3.63, 3.8) is 0 Å². The molecule has 0 aliphatic rings. The molecule has 1 N–H and O–H groups in total. The van der Waals surface area contributed by atoms with Gasteiger partial charge in [-0.1, -0.05) is 24.3 Å². The third-order valence-corrected chi connectivity index (χ3v) is 2.61. The Bertz CT molecular complexity index is 389. The van der Waals surface area contributed by atoms with Gasteiger partial charge in [0, 0.05) is 18.8 Å². The summed E-state index contributed by atoms with van der Waals surface area (Å²) in [5, 5.41) is 2.44.